The molecule has 2 aromatic rings. The Bertz CT molecular complexity index is 856. The molecular weight excluding hydrogens is 358 g/mol. The number of ether oxygens (including phenoxy) is 2. The van der Waals surface area contributed by atoms with Crippen LogP contribution in [0.5, 0.6) is 11.5 Å². The Kier molecular flexibility index (Phi) is 5.00. The first-order valence-electron chi connectivity index (χ1n) is 9.30. The topological polar surface area (TPSA) is 47.0 Å². The lowest BCUT2D eigenvalue weighted by Crippen LogP contribution is -2.35. The number of pyridine rings is 1. The minimum atomic E-state index is -0.0373. The van der Waals surface area contributed by atoms with Crippen molar-refractivity contribution in [1.29, 1.82) is 0 Å². The van der Waals surface area contributed by atoms with Crippen LogP contribution in [0.2, 0.25) is 0 Å². The summed E-state index contributed by atoms with van der Waals surface area (Å²) in [6, 6.07) is 10.7. The molecule has 0 bridgehead atoms. The second-order valence-electron chi connectivity index (χ2n) is 6.85. The molecule has 0 amide bonds. The number of benzene rings is 1. The van der Waals surface area contributed by atoms with Crippen LogP contribution < -0.4 is 9.47 Å². The number of hydrogen-bond donors (Lipinski definition) is 0. The first-order chi connectivity index (χ1) is 13.2. The van der Waals surface area contributed by atoms with Gasteiger partial charge in [0, 0.05) is 29.1 Å². The normalized spacial score (nSPS) is 23.9. The highest BCUT2D eigenvalue weighted by Gasteiger charge is 2.46. The number of methoxy groups -OCH3 is 2. The standard InChI is InChI=1S/C21H25N3O2S/c1-5-14-12-27-21-23-18(16-8-6-7-11-22-16)19(24(14)21)15-9-10-17(25-3)13(2)20(15)26-4/h6-11,14,18-19H,5,12H2,1-4H3/t14-,18+,19+/m0/s1. The lowest BCUT2D eigenvalue weighted by atomic mass is 9.93. The van der Waals surface area contributed by atoms with Gasteiger partial charge in [-0.15, -0.1) is 0 Å². The predicted octanol–water partition coefficient (Wildman–Crippen LogP) is 4.39. The fourth-order valence-corrected chi connectivity index (χ4v) is 5.44. The molecule has 5 nitrogen and oxygen atoms in total. The highest BCUT2D eigenvalue weighted by atomic mass is 32.2. The summed E-state index contributed by atoms with van der Waals surface area (Å²) in [6.07, 6.45) is 2.94. The molecule has 3 atom stereocenters. The number of fused-ring (bicyclic) bond motifs is 1. The van der Waals surface area contributed by atoms with E-state index in [1.54, 1.807) is 14.2 Å². The molecule has 3 heterocycles. The molecule has 0 aliphatic carbocycles. The minimum Gasteiger partial charge on any atom is -0.496 e. The zero-order chi connectivity index (χ0) is 19.0. The predicted molar refractivity (Wildman–Crippen MR) is 110 cm³/mol. The van der Waals surface area contributed by atoms with E-state index in [2.05, 4.69) is 28.9 Å². The fourth-order valence-electron chi connectivity index (χ4n) is 4.11. The van der Waals surface area contributed by atoms with Gasteiger partial charge in [0.1, 0.15) is 17.5 Å². The van der Waals surface area contributed by atoms with Crippen molar-refractivity contribution in [3.63, 3.8) is 0 Å². The van der Waals surface area contributed by atoms with Gasteiger partial charge in [-0.05, 0) is 37.6 Å². The molecule has 1 saturated heterocycles. The molecule has 6 heteroatoms. The molecule has 0 spiro atoms. The van der Waals surface area contributed by atoms with E-state index in [9.17, 15) is 0 Å². The third kappa shape index (κ3) is 2.96. The third-order valence-corrected chi connectivity index (χ3v) is 6.58. The molecule has 0 unspecified atom stereocenters. The molecule has 1 aromatic carbocycles. The lowest BCUT2D eigenvalue weighted by molar-refractivity contribution is 0.248. The van der Waals surface area contributed by atoms with Crippen LogP contribution in [-0.4, -0.2) is 41.1 Å². The Balaban J connectivity index is 1.86. The summed E-state index contributed by atoms with van der Waals surface area (Å²) in [5, 5.41) is 1.12. The molecule has 0 radical (unpaired) electrons. The van der Waals surface area contributed by atoms with Crippen molar-refractivity contribution in [1.82, 2.24) is 9.88 Å². The molecule has 4 rings (SSSR count). The monoisotopic (exact) mass is 383 g/mol. The van der Waals surface area contributed by atoms with Gasteiger partial charge in [-0.1, -0.05) is 24.8 Å². The van der Waals surface area contributed by atoms with E-state index >= 15 is 0 Å². The molecule has 1 fully saturated rings. The Morgan fingerprint density at radius 3 is 2.70 bits per heavy atom. The van der Waals surface area contributed by atoms with Gasteiger partial charge in [-0.3, -0.25) is 9.98 Å². The van der Waals surface area contributed by atoms with E-state index in [-0.39, 0.29) is 12.1 Å². The van der Waals surface area contributed by atoms with Crippen LogP contribution in [0.15, 0.2) is 41.5 Å². The van der Waals surface area contributed by atoms with Crippen LogP contribution in [0.3, 0.4) is 0 Å². The number of thioether (sulfide) groups is 1. The highest BCUT2D eigenvalue weighted by Crippen LogP contribution is 2.51. The summed E-state index contributed by atoms with van der Waals surface area (Å²) in [5.41, 5.74) is 3.16. The van der Waals surface area contributed by atoms with E-state index in [1.807, 2.05) is 43.1 Å². The van der Waals surface area contributed by atoms with Gasteiger partial charge >= 0.3 is 0 Å². The van der Waals surface area contributed by atoms with Crippen LogP contribution in [0, 0.1) is 6.92 Å². The number of amidine groups is 1. The maximum atomic E-state index is 5.85. The number of nitrogens with zero attached hydrogens (tertiary/aromatic N) is 3. The number of rotatable bonds is 5. The summed E-state index contributed by atoms with van der Waals surface area (Å²) in [4.78, 5) is 12.2. The average molecular weight is 384 g/mol. The van der Waals surface area contributed by atoms with Crippen LogP contribution in [0.1, 0.15) is 42.2 Å². The molecule has 2 aliphatic rings. The number of aromatic nitrogens is 1. The minimum absolute atomic E-state index is 0.0373. The van der Waals surface area contributed by atoms with Gasteiger partial charge in [0.2, 0.25) is 0 Å². The SMILES string of the molecule is CC[C@H]1CSC2=N[C@H](c3ccccn3)[C@@H](c3ccc(OC)c(C)c3OC)N21. The van der Waals surface area contributed by atoms with Crippen molar-refractivity contribution in [3.8, 4) is 11.5 Å². The molecule has 2 aliphatic heterocycles. The molecule has 27 heavy (non-hydrogen) atoms. The van der Waals surface area contributed by atoms with E-state index in [0.29, 0.717) is 6.04 Å². The van der Waals surface area contributed by atoms with Gasteiger partial charge in [-0.25, -0.2) is 0 Å². The molecule has 0 saturated carbocycles. The van der Waals surface area contributed by atoms with Gasteiger partial charge in [0.15, 0.2) is 5.17 Å². The van der Waals surface area contributed by atoms with Crippen molar-refractivity contribution in [2.45, 2.75) is 38.4 Å². The van der Waals surface area contributed by atoms with Crippen molar-refractivity contribution in [2.24, 2.45) is 4.99 Å². The van der Waals surface area contributed by atoms with Gasteiger partial charge < -0.3 is 14.4 Å². The molecule has 1 aromatic heterocycles. The lowest BCUT2D eigenvalue weighted by Gasteiger charge is -2.33. The molecular formula is C21H25N3O2S. The summed E-state index contributed by atoms with van der Waals surface area (Å²) in [6.45, 7) is 4.29. The fraction of sp³-hybridized carbons (Fsp3) is 0.429. The van der Waals surface area contributed by atoms with Crippen molar-refractivity contribution in [3.05, 3.63) is 53.3 Å². The van der Waals surface area contributed by atoms with Gasteiger partial charge in [-0.2, -0.15) is 0 Å². The smallest absolute Gasteiger partial charge is 0.160 e. The van der Waals surface area contributed by atoms with Crippen LogP contribution in [0.4, 0.5) is 0 Å². The van der Waals surface area contributed by atoms with Crippen LogP contribution in [0.25, 0.3) is 0 Å². The Labute approximate surface area is 164 Å². The molecule has 142 valence electrons. The third-order valence-electron chi connectivity index (χ3n) is 5.46. The largest absolute Gasteiger partial charge is 0.496 e. The van der Waals surface area contributed by atoms with Crippen molar-refractivity contribution in [2.75, 3.05) is 20.0 Å². The summed E-state index contributed by atoms with van der Waals surface area (Å²) in [7, 11) is 3.42. The Morgan fingerprint density at radius 1 is 1.19 bits per heavy atom. The van der Waals surface area contributed by atoms with Crippen LogP contribution in [-0.2, 0) is 0 Å². The zero-order valence-corrected chi connectivity index (χ0v) is 17.0. The van der Waals surface area contributed by atoms with E-state index in [1.165, 1.54) is 0 Å². The van der Waals surface area contributed by atoms with Gasteiger partial charge in [0.05, 0.1) is 26.0 Å². The van der Waals surface area contributed by atoms with E-state index in [4.69, 9.17) is 14.5 Å². The molecule has 0 N–H and O–H groups in total. The highest BCUT2D eigenvalue weighted by molar-refractivity contribution is 8.14. The number of hydrogen-bond acceptors (Lipinski definition) is 6. The maximum absolute atomic E-state index is 5.85. The average Bonchev–Trinajstić information content (AvgIpc) is 3.27. The first-order valence-corrected chi connectivity index (χ1v) is 10.3. The maximum Gasteiger partial charge on any atom is 0.160 e. The number of aliphatic imine (C=N–C) groups is 1. The van der Waals surface area contributed by atoms with Crippen LogP contribution >= 0.6 is 11.8 Å². The quantitative estimate of drug-likeness (QED) is 0.766. The van der Waals surface area contributed by atoms with Crippen molar-refractivity contribution >= 4 is 16.9 Å². The summed E-state index contributed by atoms with van der Waals surface area (Å²) < 4.78 is 11.4. The summed E-state index contributed by atoms with van der Waals surface area (Å²) >= 11 is 1.85. The van der Waals surface area contributed by atoms with E-state index in [0.717, 1.165) is 45.7 Å². The Morgan fingerprint density at radius 2 is 2.04 bits per heavy atom. The van der Waals surface area contributed by atoms with E-state index < -0.39 is 0 Å². The summed E-state index contributed by atoms with van der Waals surface area (Å²) in [5.74, 6) is 2.80. The zero-order valence-electron chi connectivity index (χ0n) is 16.2. The van der Waals surface area contributed by atoms with Crippen molar-refractivity contribution < 1.29 is 9.47 Å². The second kappa shape index (κ2) is 7.43. The van der Waals surface area contributed by atoms with Gasteiger partial charge in [0.25, 0.3) is 0 Å². The Hall–Kier alpha value is -2.21. The first kappa shape index (κ1) is 18.2. The second-order valence-corrected chi connectivity index (χ2v) is 7.84.